The summed E-state index contributed by atoms with van der Waals surface area (Å²) in [5.41, 5.74) is 1.53. The van der Waals surface area contributed by atoms with Crippen LogP contribution in [0.15, 0.2) is 18.2 Å². The van der Waals surface area contributed by atoms with Crippen LogP contribution in [-0.4, -0.2) is 35.6 Å². The first-order valence-corrected chi connectivity index (χ1v) is 6.64. The number of aryl methyl sites for hydroxylation is 1. The van der Waals surface area contributed by atoms with Crippen molar-refractivity contribution in [2.75, 3.05) is 20.1 Å². The van der Waals surface area contributed by atoms with Gasteiger partial charge < -0.3 is 15.2 Å². The summed E-state index contributed by atoms with van der Waals surface area (Å²) in [5.74, 6) is 0.561. The molecule has 0 aliphatic carbocycles. The average molecular weight is 278 g/mol. The Bertz CT molecular complexity index is 608. The predicted octanol–water partition coefficient (Wildman–Crippen LogP) is 0.981. The summed E-state index contributed by atoms with van der Waals surface area (Å²) in [6.07, 6.45) is 1.09. The lowest BCUT2D eigenvalue weighted by Gasteiger charge is -2.05. The van der Waals surface area contributed by atoms with Gasteiger partial charge in [0.05, 0.1) is 11.0 Å². The number of rotatable bonds is 6. The molecule has 0 spiro atoms. The van der Waals surface area contributed by atoms with E-state index < -0.39 is 0 Å². The summed E-state index contributed by atoms with van der Waals surface area (Å²) in [6, 6.07) is 4.56. The predicted molar refractivity (Wildman–Crippen MR) is 75.9 cm³/mol. The third kappa shape index (κ3) is 3.33. The first kappa shape index (κ1) is 14.5. The lowest BCUT2D eigenvalue weighted by atomic mass is 10.3. The van der Waals surface area contributed by atoms with Gasteiger partial charge in [0.2, 0.25) is 5.91 Å². The molecule has 1 amide bonds. The zero-order valence-electron chi connectivity index (χ0n) is 11.7. The maximum Gasteiger partial charge on any atom is 0.221 e. The maximum absolute atomic E-state index is 13.1. The normalized spacial score (nSPS) is 10.9. The zero-order valence-corrected chi connectivity index (χ0v) is 11.7. The van der Waals surface area contributed by atoms with Crippen LogP contribution in [0.25, 0.3) is 11.0 Å². The lowest BCUT2D eigenvalue weighted by Crippen LogP contribution is -2.28. The molecule has 0 aliphatic rings. The highest BCUT2D eigenvalue weighted by molar-refractivity contribution is 5.76. The van der Waals surface area contributed by atoms with E-state index in [4.69, 9.17) is 0 Å². The van der Waals surface area contributed by atoms with Crippen LogP contribution < -0.4 is 10.6 Å². The van der Waals surface area contributed by atoms with Crippen molar-refractivity contribution in [1.82, 2.24) is 20.2 Å². The number of imidazole rings is 1. The first-order valence-electron chi connectivity index (χ1n) is 6.64. The molecule has 108 valence electrons. The van der Waals surface area contributed by atoms with E-state index in [-0.39, 0.29) is 11.7 Å². The van der Waals surface area contributed by atoms with Gasteiger partial charge in [-0.25, -0.2) is 9.37 Å². The van der Waals surface area contributed by atoms with Gasteiger partial charge in [0.1, 0.15) is 11.6 Å². The van der Waals surface area contributed by atoms with Crippen LogP contribution in [0, 0.1) is 5.82 Å². The highest BCUT2D eigenvalue weighted by Gasteiger charge is 2.08. The third-order valence-electron chi connectivity index (χ3n) is 3.21. The number of carbonyl (C=O) groups is 1. The van der Waals surface area contributed by atoms with E-state index in [1.165, 1.54) is 12.1 Å². The minimum absolute atomic E-state index is 0.0177. The second-order valence-electron chi connectivity index (χ2n) is 4.67. The van der Waals surface area contributed by atoms with E-state index in [0.717, 1.165) is 11.3 Å². The fourth-order valence-electron chi connectivity index (χ4n) is 2.09. The average Bonchev–Trinajstić information content (AvgIpc) is 2.72. The number of nitrogens with one attached hydrogen (secondary N) is 2. The monoisotopic (exact) mass is 278 g/mol. The molecule has 2 N–H and O–H groups in total. The number of carbonyl (C=O) groups excluding carboxylic acids is 1. The molecular formula is C14H19FN4O. The number of hydrogen-bond donors (Lipinski definition) is 2. The third-order valence-corrected chi connectivity index (χ3v) is 3.21. The summed E-state index contributed by atoms with van der Waals surface area (Å²) in [6.45, 7) is 1.19. The van der Waals surface area contributed by atoms with Gasteiger partial charge in [0.15, 0.2) is 0 Å². The van der Waals surface area contributed by atoms with E-state index in [2.05, 4.69) is 15.6 Å². The van der Waals surface area contributed by atoms with E-state index in [1.54, 1.807) is 6.07 Å². The molecule has 1 heterocycles. The second kappa shape index (κ2) is 6.47. The molecule has 1 aromatic heterocycles. The Labute approximate surface area is 117 Å². The van der Waals surface area contributed by atoms with Gasteiger partial charge >= 0.3 is 0 Å². The first-order chi connectivity index (χ1) is 9.61. The smallest absolute Gasteiger partial charge is 0.221 e. The SMILES string of the molecule is CNCCC(=O)NCCc1nc2cc(F)ccc2n1C. The Morgan fingerprint density at radius 2 is 2.20 bits per heavy atom. The van der Waals surface area contributed by atoms with Crippen molar-refractivity contribution in [3.63, 3.8) is 0 Å². The van der Waals surface area contributed by atoms with Crippen molar-refractivity contribution in [2.24, 2.45) is 7.05 Å². The van der Waals surface area contributed by atoms with Gasteiger partial charge in [-0.2, -0.15) is 0 Å². The summed E-state index contributed by atoms with van der Waals surface area (Å²) < 4.78 is 15.1. The zero-order chi connectivity index (χ0) is 14.5. The van der Waals surface area contributed by atoms with Crippen LogP contribution in [0.1, 0.15) is 12.2 Å². The Hall–Kier alpha value is -1.95. The molecule has 0 saturated carbocycles. The number of halogens is 1. The number of hydrogen-bond acceptors (Lipinski definition) is 3. The van der Waals surface area contributed by atoms with Crippen LogP contribution in [-0.2, 0) is 18.3 Å². The molecule has 0 saturated heterocycles. The van der Waals surface area contributed by atoms with E-state index in [1.807, 2.05) is 18.7 Å². The summed E-state index contributed by atoms with van der Waals surface area (Å²) in [7, 11) is 3.71. The number of amides is 1. The molecule has 0 fully saturated rings. The van der Waals surface area contributed by atoms with Crippen LogP contribution in [0.4, 0.5) is 4.39 Å². The Morgan fingerprint density at radius 1 is 1.40 bits per heavy atom. The van der Waals surface area contributed by atoms with Crippen LogP contribution >= 0.6 is 0 Å². The topological polar surface area (TPSA) is 59.0 Å². The molecule has 6 heteroatoms. The molecule has 0 bridgehead atoms. The van der Waals surface area contributed by atoms with E-state index in [0.29, 0.717) is 31.4 Å². The maximum atomic E-state index is 13.1. The van der Waals surface area contributed by atoms with Crippen LogP contribution in [0.2, 0.25) is 0 Å². The molecular weight excluding hydrogens is 259 g/mol. The lowest BCUT2D eigenvalue weighted by molar-refractivity contribution is -0.120. The van der Waals surface area contributed by atoms with Crippen molar-refractivity contribution < 1.29 is 9.18 Å². The Balaban J connectivity index is 1.96. The number of benzene rings is 1. The minimum atomic E-state index is -0.289. The van der Waals surface area contributed by atoms with Crippen LogP contribution in [0.5, 0.6) is 0 Å². The van der Waals surface area contributed by atoms with Crippen molar-refractivity contribution >= 4 is 16.9 Å². The molecule has 0 atom stereocenters. The number of fused-ring (bicyclic) bond motifs is 1. The number of aromatic nitrogens is 2. The van der Waals surface area contributed by atoms with Crippen molar-refractivity contribution in [3.8, 4) is 0 Å². The van der Waals surface area contributed by atoms with Gasteiger partial charge in [-0.05, 0) is 19.2 Å². The Morgan fingerprint density at radius 3 is 2.95 bits per heavy atom. The van der Waals surface area contributed by atoms with Gasteiger partial charge in [0, 0.05) is 39.0 Å². The van der Waals surface area contributed by atoms with Gasteiger partial charge in [0.25, 0.3) is 0 Å². The highest BCUT2D eigenvalue weighted by atomic mass is 19.1. The molecule has 1 aromatic carbocycles. The molecule has 0 aliphatic heterocycles. The fourth-order valence-corrected chi connectivity index (χ4v) is 2.09. The minimum Gasteiger partial charge on any atom is -0.356 e. The van der Waals surface area contributed by atoms with Gasteiger partial charge in [-0.1, -0.05) is 0 Å². The largest absolute Gasteiger partial charge is 0.356 e. The van der Waals surface area contributed by atoms with Crippen molar-refractivity contribution in [2.45, 2.75) is 12.8 Å². The van der Waals surface area contributed by atoms with Crippen LogP contribution in [0.3, 0.4) is 0 Å². The summed E-state index contributed by atoms with van der Waals surface area (Å²) >= 11 is 0. The van der Waals surface area contributed by atoms with Crippen molar-refractivity contribution in [1.29, 1.82) is 0 Å². The molecule has 20 heavy (non-hydrogen) atoms. The molecule has 0 unspecified atom stereocenters. The van der Waals surface area contributed by atoms with Crippen molar-refractivity contribution in [3.05, 3.63) is 29.8 Å². The van der Waals surface area contributed by atoms with E-state index >= 15 is 0 Å². The Kier molecular flexibility index (Phi) is 4.68. The van der Waals surface area contributed by atoms with Gasteiger partial charge in [-0.15, -0.1) is 0 Å². The summed E-state index contributed by atoms with van der Waals surface area (Å²) in [4.78, 5) is 15.9. The second-order valence-corrected chi connectivity index (χ2v) is 4.67. The fraction of sp³-hybridized carbons (Fsp3) is 0.429. The highest BCUT2D eigenvalue weighted by Crippen LogP contribution is 2.16. The molecule has 5 nitrogen and oxygen atoms in total. The van der Waals surface area contributed by atoms with Gasteiger partial charge in [-0.3, -0.25) is 4.79 Å². The summed E-state index contributed by atoms with van der Waals surface area (Å²) in [5, 5.41) is 5.77. The van der Waals surface area contributed by atoms with E-state index in [9.17, 15) is 9.18 Å². The molecule has 0 radical (unpaired) electrons. The molecule has 2 aromatic rings. The quantitative estimate of drug-likeness (QED) is 0.828. The molecule has 2 rings (SSSR count). The standard InChI is InChI=1S/C14H19FN4O/c1-16-7-6-14(20)17-8-5-13-18-11-9-10(15)3-4-12(11)19(13)2/h3-4,9,16H,5-8H2,1-2H3,(H,17,20). The number of nitrogens with zero attached hydrogens (tertiary/aromatic N) is 2.